The third-order valence-corrected chi connectivity index (χ3v) is 3.11. The van der Waals surface area contributed by atoms with Crippen molar-refractivity contribution in [3.8, 4) is 22.6 Å². The lowest BCUT2D eigenvalue weighted by Crippen LogP contribution is -2.02. The summed E-state index contributed by atoms with van der Waals surface area (Å²) in [5, 5.41) is 9.29. The summed E-state index contributed by atoms with van der Waals surface area (Å²) in [5.41, 5.74) is 2.66. The van der Waals surface area contributed by atoms with Crippen molar-refractivity contribution in [1.29, 1.82) is 0 Å². The van der Waals surface area contributed by atoms with Crippen molar-refractivity contribution in [3.05, 3.63) is 47.5 Å². The summed E-state index contributed by atoms with van der Waals surface area (Å²) < 4.78 is 10.4. The van der Waals surface area contributed by atoms with Gasteiger partial charge >= 0.3 is 5.97 Å². The van der Waals surface area contributed by atoms with Gasteiger partial charge in [0, 0.05) is 0 Å². The molecule has 0 saturated heterocycles. The first-order valence-corrected chi connectivity index (χ1v) is 6.13. The average molecular weight is 272 g/mol. The highest BCUT2D eigenvalue weighted by molar-refractivity contribution is 5.93. The Balaban J connectivity index is 2.60. The minimum Gasteiger partial charge on any atom is -0.497 e. The van der Waals surface area contributed by atoms with Crippen molar-refractivity contribution in [2.24, 2.45) is 0 Å². The summed E-state index contributed by atoms with van der Waals surface area (Å²) >= 11 is 0. The second-order valence-electron chi connectivity index (χ2n) is 4.41. The fraction of sp³-hybridized carbons (Fsp3) is 0.188. The van der Waals surface area contributed by atoms with Gasteiger partial charge in [0.05, 0.1) is 14.2 Å². The van der Waals surface area contributed by atoms with E-state index in [4.69, 9.17) is 9.47 Å². The van der Waals surface area contributed by atoms with Gasteiger partial charge in [0.25, 0.3) is 0 Å². The van der Waals surface area contributed by atoms with Crippen LogP contribution >= 0.6 is 0 Å². The third-order valence-electron chi connectivity index (χ3n) is 3.11. The average Bonchev–Trinajstić information content (AvgIpc) is 2.46. The van der Waals surface area contributed by atoms with E-state index in [-0.39, 0.29) is 5.56 Å². The van der Waals surface area contributed by atoms with E-state index in [0.717, 1.165) is 22.4 Å². The number of carboxylic acid groups (broad SMARTS) is 1. The molecule has 0 bridgehead atoms. The number of aryl methyl sites for hydroxylation is 1. The van der Waals surface area contributed by atoms with E-state index < -0.39 is 5.97 Å². The highest BCUT2D eigenvalue weighted by Crippen LogP contribution is 2.31. The van der Waals surface area contributed by atoms with E-state index in [9.17, 15) is 9.90 Å². The summed E-state index contributed by atoms with van der Waals surface area (Å²) in [6.07, 6.45) is 0. The van der Waals surface area contributed by atoms with Gasteiger partial charge in [0.2, 0.25) is 0 Å². The van der Waals surface area contributed by atoms with Crippen LogP contribution in [0.25, 0.3) is 11.1 Å². The SMILES string of the molecule is COc1cccc(-c2cc(C)c(OC)c(C(=O)O)c2)c1. The maximum absolute atomic E-state index is 11.3. The zero-order chi connectivity index (χ0) is 14.7. The molecule has 4 heteroatoms. The lowest BCUT2D eigenvalue weighted by atomic mass is 9.99. The molecule has 20 heavy (non-hydrogen) atoms. The minimum atomic E-state index is -1.00. The quantitative estimate of drug-likeness (QED) is 0.927. The van der Waals surface area contributed by atoms with E-state index in [1.54, 1.807) is 13.2 Å². The van der Waals surface area contributed by atoms with Crippen LogP contribution in [0, 0.1) is 6.92 Å². The molecule has 2 aromatic rings. The molecule has 0 atom stereocenters. The molecule has 0 amide bonds. The smallest absolute Gasteiger partial charge is 0.339 e. The Hall–Kier alpha value is -2.49. The van der Waals surface area contributed by atoms with Crippen molar-refractivity contribution in [3.63, 3.8) is 0 Å². The van der Waals surface area contributed by atoms with E-state index in [0.29, 0.717) is 5.75 Å². The molecule has 0 unspecified atom stereocenters. The number of carboxylic acids is 1. The topological polar surface area (TPSA) is 55.8 Å². The van der Waals surface area contributed by atoms with Crippen LogP contribution in [0.15, 0.2) is 36.4 Å². The fourth-order valence-corrected chi connectivity index (χ4v) is 2.17. The van der Waals surface area contributed by atoms with Crippen LogP contribution in [0.2, 0.25) is 0 Å². The summed E-state index contributed by atoms with van der Waals surface area (Å²) in [7, 11) is 3.07. The lowest BCUT2D eigenvalue weighted by molar-refractivity contribution is 0.0693. The van der Waals surface area contributed by atoms with Gasteiger partial charge in [-0.2, -0.15) is 0 Å². The Bertz CT molecular complexity index is 647. The maximum Gasteiger partial charge on any atom is 0.339 e. The van der Waals surface area contributed by atoms with Gasteiger partial charge < -0.3 is 14.6 Å². The van der Waals surface area contributed by atoms with Gasteiger partial charge in [-0.25, -0.2) is 4.79 Å². The number of hydrogen-bond acceptors (Lipinski definition) is 3. The van der Waals surface area contributed by atoms with Crippen molar-refractivity contribution < 1.29 is 19.4 Å². The second kappa shape index (κ2) is 5.65. The first kappa shape index (κ1) is 13.9. The van der Waals surface area contributed by atoms with Gasteiger partial charge in [-0.05, 0) is 47.9 Å². The van der Waals surface area contributed by atoms with Crippen LogP contribution < -0.4 is 9.47 Å². The Morgan fingerprint density at radius 1 is 1.05 bits per heavy atom. The van der Waals surface area contributed by atoms with Crippen molar-refractivity contribution in [2.75, 3.05) is 14.2 Å². The summed E-state index contributed by atoms with van der Waals surface area (Å²) in [4.78, 5) is 11.3. The van der Waals surface area contributed by atoms with Crippen LogP contribution in [0.1, 0.15) is 15.9 Å². The molecule has 4 nitrogen and oxygen atoms in total. The molecule has 0 aromatic heterocycles. The second-order valence-corrected chi connectivity index (χ2v) is 4.41. The molecule has 0 aliphatic carbocycles. The maximum atomic E-state index is 11.3. The number of ether oxygens (including phenoxy) is 2. The fourth-order valence-electron chi connectivity index (χ4n) is 2.17. The van der Waals surface area contributed by atoms with Crippen LogP contribution in [0.3, 0.4) is 0 Å². The normalized spacial score (nSPS) is 10.2. The molecule has 0 fully saturated rings. The van der Waals surface area contributed by atoms with Crippen LogP contribution in [0.5, 0.6) is 11.5 Å². The number of hydrogen-bond donors (Lipinski definition) is 1. The van der Waals surface area contributed by atoms with E-state index >= 15 is 0 Å². The number of methoxy groups -OCH3 is 2. The first-order valence-electron chi connectivity index (χ1n) is 6.13. The van der Waals surface area contributed by atoms with Crippen LogP contribution in [-0.2, 0) is 0 Å². The highest BCUT2D eigenvalue weighted by Gasteiger charge is 2.15. The molecule has 0 radical (unpaired) electrons. The molecule has 2 aromatic carbocycles. The zero-order valence-electron chi connectivity index (χ0n) is 11.6. The molecule has 104 valence electrons. The summed E-state index contributed by atoms with van der Waals surface area (Å²) in [5.74, 6) is 0.117. The van der Waals surface area contributed by atoms with Gasteiger partial charge in [-0.1, -0.05) is 12.1 Å². The predicted octanol–water partition coefficient (Wildman–Crippen LogP) is 3.38. The summed E-state index contributed by atoms with van der Waals surface area (Å²) in [6.45, 7) is 1.83. The molecular weight excluding hydrogens is 256 g/mol. The number of rotatable bonds is 4. The Morgan fingerprint density at radius 2 is 1.80 bits per heavy atom. The molecular formula is C16H16O4. The molecule has 0 saturated carbocycles. The van der Waals surface area contributed by atoms with Gasteiger partial charge in [-0.3, -0.25) is 0 Å². The third kappa shape index (κ3) is 2.59. The molecule has 0 spiro atoms. The number of aromatic carboxylic acids is 1. The molecule has 1 N–H and O–H groups in total. The van der Waals surface area contributed by atoms with Crippen molar-refractivity contribution >= 4 is 5.97 Å². The van der Waals surface area contributed by atoms with Crippen molar-refractivity contribution in [2.45, 2.75) is 6.92 Å². The predicted molar refractivity (Wildman–Crippen MR) is 76.7 cm³/mol. The Morgan fingerprint density at radius 3 is 2.40 bits per heavy atom. The lowest BCUT2D eigenvalue weighted by Gasteiger charge is -2.12. The van der Waals surface area contributed by atoms with Crippen molar-refractivity contribution in [1.82, 2.24) is 0 Å². The standard InChI is InChI=1S/C16H16O4/c1-10-7-12(9-14(16(17)18)15(10)20-3)11-5-4-6-13(8-11)19-2/h4-9H,1-3H3,(H,17,18). The van der Waals surface area contributed by atoms with E-state index in [1.165, 1.54) is 7.11 Å². The molecule has 0 heterocycles. The zero-order valence-corrected chi connectivity index (χ0v) is 11.6. The number of carbonyl (C=O) groups is 1. The molecule has 0 aliphatic rings. The number of benzene rings is 2. The molecule has 2 rings (SSSR count). The summed E-state index contributed by atoms with van der Waals surface area (Å²) in [6, 6.07) is 11.0. The van der Waals surface area contributed by atoms with Crippen LogP contribution in [0.4, 0.5) is 0 Å². The van der Waals surface area contributed by atoms with Crippen LogP contribution in [-0.4, -0.2) is 25.3 Å². The molecule has 0 aliphatic heterocycles. The Labute approximate surface area is 117 Å². The largest absolute Gasteiger partial charge is 0.497 e. The van der Waals surface area contributed by atoms with Gasteiger partial charge in [-0.15, -0.1) is 0 Å². The van der Waals surface area contributed by atoms with E-state index in [2.05, 4.69) is 0 Å². The highest BCUT2D eigenvalue weighted by atomic mass is 16.5. The van der Waals surface area contributed by atoms with Gasteiger partial charge in [0.15, 0.2) is 0 Å². The monoisotopic (exact) mass is 272 g/mol. The first-order chi connectivity index (χ1) is 9.56. The minimum absolute atomic E-state index is 0.158. The van der Waals surface area contributed by atoms with E-state index in [1.807, 2.05) is 37.3 Å². The van der Waals surface area contributed by atoms with Gasteiger partial charge in [0.1, 0.15) is 17.1 Å². The Kier molecular flexibility index (Phi) is 3.94.